The van der Waals surface area contributed by atoms with Gasteiger partial charge < -0.3 is 4.74 Å². The van der Waals surface area contributed by atoms with E-state index in [0.717, 1.165) is 0 Å². The lowest BCUT2D eigenvalue weighted by molar-refractivity contribution is 0.360. The predicted molar refractivity (Wildman–Crippen MR) is 47.2 cm³/mol. The van der Waals surface area contributed by atoms with Gasteiger partial charge in [0.05, 0.1) is 7.11 Å². The molecule has 12 heavy (non-hydrogen) atoms. The standard InChI is InChI=1S/C7H5F2O.BrH.Mg/c1-10-7-5(8)3-2-4-6(7)9;;/h3-4H,1H3;1H;/q;;+1/p-1. The number of ether oxygens (including phenoxy) is 1. The minimum absolute atomic E-state index is 0.311. The summed E-state index contributed by atoms with van der Waals surface area (Å²) in [7, 11) is 1.24. The van der Waals surface area contributed by atoms with Crippen molar-refractivity contribution in [3.8, 4) is 5.75 Å². The van der Waals surface area contributed by atoms with Crippen LogP contribution in [0.3, 0.4) is 0 Å². The van der Waals surface area contributed by atoms with Crippen molar-refractivity contribution in [2.24, 2.45) is 0 Å². The SMILES string of the molecule is COc1c(F)c[c]([Mg][Br])cc1F. The highest BCUT2D eigenvalue weighted by Crippen LogP contribution is 2.18. The molecule has 0 aliphatic heterocycles. The Morgan fingerprint density at radius 3 is 2.17 bits per heavy atom. The van der Waals surface area contributed by atoms with Crippen LogP contribution in [0.4, 0.5) is 8.78 Å². The molecule has 62 valence electrons. The average molecular weight is 247 g/mol. The maximum atomic E-state index is 12.9. The number of rotatable bonds is 2. The molecule has 1 rings (SSSR count). The molecule has 5 heteroatoms. The molecule has 0 bridgehead atoms. The topological polar surface area (TPSA) is 9.23 Å². The zero-order valence-corrected chi connectivity index (χ0v) is 9.40. The molecule has 0 aliphatic rings. The molecule has 0 fully saturated rings. The molecule has 0 aliphatic carbocycles. The molecular weight excluding hydrogens is 242 g/mol. The van der Waals surface area contributed by atoms with Crippen LogP contribution in [0.2, 0.25) is 0 Å². The maximum absolute atomic E-state index is 12.9. The van der Waals surface area contributed by atoms with Crippen LogP contribution in [0.1, 0.15) is 0 Å². The fourth-order valence-corrected chi connectivity index (χ4v) is 2.37. The van der Waals surface area contributed by atoms with Crippen LogP contribution < -0.4 is 8.43 Å². The van der Waals surface area contributed by atoms with Gasteiger partial charge in [-0.2, -0.15) is 0 Å². The number of hydrogen-bond acceptors (Lipinski definition) is 1. The third-order valence-corrected chi connectivity index (χ3v) is 4.08. The highest BCUT2D eigenvalue weighted by Gasteiger charge is 2.10. The molecule has 1 nitrogen and oxygen atoms in total. The molecule has 0 N–H and O–H groups in total. The van der Waals surface area contributed by atoms with Crippen molar-refractivity contribution in [3.05, 3.63) is 23.8 Å². The Kier molecular flexibility index (Phi) is 3.73. The van der Waals surface area contributed by atoms with Crippen molar-refractivity contribution in [2.45, 2.75) is 0 Å². The van der Waals surface area contributed by atoms with E-state index in [4.69, 9.17) is 0 Å². The lowest BCUT2D eigenvalue weighted by Gasteiger charge is -2.04. The van der Waals surface area contributed by atoms with Crippen LogP contribution in [0, 0.1) is 11.6 Å². The average Bonchev–Trinajstić information content (AvgIpc) is 2.03. The summed E-state index contributed by atoms with van der Waals surface area (Å²) in [5.41, 5.74) is 0. The molecule has 0 saturated heterocycles. The van der Waals surface area contributed by atoms with E-state index in [1.165, 1.54) is 19.2 Å². The van der Waals surface area contributed by atoms with Crippen molar-refractivity contribution in [2.75, 3.05) is 7.11 Å². The monoisotopic (exact) mass is 246 g/mol. The molecule has 0 spiro atoms. The summed E-state index contributed by atoms with van der Waals surface area (Å²) in [6.07, 6.45) is 0. The second kappa shape index (κ2) is 4.39. The maximum Gasteiger partial charge on any atom is 0.507 e. The number of halogens is 3. The molecule has 0 radical (unpaired) electrons. The van der Waals surface area contributed by atoms with E-state index in [9.17, 15) is 8.78 Å². The van der Waals surface area contributed by atoms with E-state index in [0.29, 0.717) is 3.69 Å². The van der Waals surface area contributed by atoms with Gasteiger partial charge in [-0.25, -0.2) is 8.78 Å². The zero-order chi connectivity index (χ0) is 9.14. The zero-order valence-electron chi connectivity index (χ0n) is 6.40. The highest BCUT2D eigenvalue weighted by molar-refractivity contribution is 9.23. The third kappa shape index (κ3) is 2.08. The predicted octanol–water partition coefficient (Wildman–Crippen LogP) is 1.61. The van der Waals surface area contributed by atoms with Crippen molar-refractivity contribution in [3.63, 3.8) is 0 Å². The molecule has 0 amide bonds. The molecule has 1 aromatic carbocycles. The van der Waals surface area contributed by atoms with Crippen LogP contribution in [-0.2, 0) is 0 Å². The summed E-state index contributed by atoms with van der Waals surface area (Å²) in [5.74, 6) is -1.59. The highest BCUT2D eigenvalue weighted by atomic mass is 79.9. The van der Waals surface area contributed by atoms with E-state index in [1.807, 2.05) is 0 Å². The summed E-state index contributed by atoms with van der Waals surface area (Å²) in [5, 5.41) is 0. The van der Waals surface area contributed by atoms with Gasteiger partial charge in [0, 0.05) is 0 Å². The summed E-state index contributed by atoms with van der Waals surface area (Å²) in [4.78, 5) is 0. The summed E-state index contributed by atoms with van der Waals surface area (Å²) < 4.78 is 31.1. The first-order chi connectivity index (χ1) is 5.69. The molecule has 0 aromatic heterocycles. The molecule has 0 unspecified atom stereocenters. The molecule has 0 heterocycles. The largest absolute Gasteiger partial charge is 0.507 e. The van der Waals surface area contributed by atoms with E-state index in [-0.39, 0.29) is 5.75 Å². The van der Waals surface area contributed by atoms with Gasteiger partial charge in [0.1, 0.15) is 0 Å². The van der Waals surface area contributed by atoms with E-state index in [1.54, 1.807) is 0 Å². The van der Waals surface area contributed by atoms with Gasteiger partial charge in [-0.15, -0.1) is 3.69 Å². The van der Waals surface area contributed by atoms with Crippen molar-refractivity contribution in [1.29, 1.82) is 0 Å². The summed E-state index contributed by atoms with van der Waals surface area (Å²) in [6, 6.07) is 2.59. The lowest BCUT2D eigenvalue weighted by atomic mass is 10.3. The van der Waals surface area contributed by atoms with Gasteiger partial charge >= 0.3 is 18.2 Å². The Balaban J connectivity index is 3.18. The van der Waals surface area contributed by atoms with Crippen molar-refractivity contribution in [1.82, 2.24) is 0 Å². The summed E-state index contributed by atoms with van der Waals surface area (Å²) in [6.45, 7) is 0. The smallest absolute Gasteiger partial charge is 0.491 e. The number of benzene rings is 1. The van der Waals surface area contributed by atoms with Gasteiger partial charge in [0.2, 0.25) is 0 Å². The van der Waals surface area contributed by atoms with Gasteiger partial charge in [0.25, 0.3) is 0 Å². The van der Waals surface area contributed by atoms with Crippen LogP contribution in [0.15, 0.2) is 12.1 Å². The molecule has 1 aromatic rings. The second-order valence-electron chi connectivity index (χ2n) is 2.23. The number of hydrogen-bond donors (Lipinski definition) is 0. The first kappa shape index (κ1) is 10.2. The number of methoxy groups -OCH3 is 1. The van der Waals surface area contributed by atoms with E-state index < -0.39 is 29.8 Å². The Hall–Kier alpha value is 0.126. The van der Waals surface area contributed by atoms with Gasteiger partial charge in [-0.1, -0.05) is 0 Å². The minimum Gasteiger partial charge on any atom is -0.491 e. The van der Waals surface area contributed by atoms with Crippen LogP contribution in [0.25, 0.3) is 0 Å². The van der Waals surface area contributed by atoms with Crippen LogP contribution in [-0.4, -0.2) is 25.3 Å². The van der Waals surface area contributed by atoms with Crippen LogP contribution >= 0.6 is 12.9 Å². The lowest BCUT2D eigenvalue weighted by Crippen LogP contribution is -2.11. The Labute approximate surface area is 84.7 Å². The van der Waals surface area contributed by atoms with E-state index in [2.05, 4.69) is 17.6 Å². The molecule has 0 atom stereocenters. The summed E-state index contributed by atoms with van der Waals surface area (Å²) >= 11 is 2.54. The van der Waals surface area contributed by atoms with Crippen molar-refractivity contribution < 1.29 is 13.5 Å². The van der Waals surface area contributed by atoms with E-state index >= 15 is 0 Å². The molecular formula is C7H5BrF2MgO. The first-order valence-corrected chi connectivity index (χ1v) is 7.87. The Bertz CT molecular complexity index is 270. The Morgan fingerprint density at radius 1 is 1.33 bits per heavy atom. The van der Waals surface area contributed by atoms with Gasteiger partial charge in [0.15, 0.2) is 17.4 Å². The van der Waals surface area contributed by atoms with Gasteiger partial charge in [-0.3, -0.25) is 12.9 Å². The quantitative estimate of drug-likeness (QED) is 0.722. The minimum atomic E-state index is -0.698. The Morgan fingerprint density at radius 2 is 1.83 bits per heavy atom. The second-order valence-corrected chi connectivity index (χ2v) is 4.99. The molecule has 0 saturated carbocycles. The normalized spacial score (nSPS) is 9.33. The third-order valence-electron chi connectivity index (χ3n) is 1.42. The van der Waals surface area contributed by atoms with Crippen LogP contribution in [0.5, 0.6) is 5.75 Å². The first-order valence-electron chi connectivity index (χ1n) is 3.27. The fourth-order valence-electron chi connectivity index (χ4n) is 0.885. The fraction of sp³-hybridized carbons (Fsp3) is 0.143. The van der Waals surface area contributed by atoms with Gasteiger partial charge in [-0.05, 0) is 12.1 Å². The van der Waals surface area contributed by atoms with Crippen molar-refractivity contribution >= 4 is 34.8 Å².